The zero-order chi connectivity index (χ0) is 11.0. The molecule has 0 aromatic carbocycles. The van der Waals surface area contributed by atoms with Gasteiger partial charge in [-0.15, -0.1) is 0 Å². The summed E-state index contributed by atoms with van der Waals surface area (Å²) in [4.78, 5) is 10.6. The van der Waals surface area contributed by atoms with Gasteiger partial charge >= 0.3 is 5.97 Å². The van der Waals surface area contributed by atoms with Crippen LogP contribution in [0.2, 0.25) is 0 Å². The fourth-order valence-electron chi connectivity index (χ4n) is 1.34. The van der Waals surface area contributed by atoms with Gasteiger partial charge in [0.25, 0.3) is 0 Å². The van der Waals surface area contributed by atoms with Gasteiger partial charge in [-0.3, -0.25) is 0 Å². The molecule has 0 heterocycles. The van der Waals surface area contributed by atoms with E-state index >= 15 is 0 Å². The van der Waals surface area contributed by atoms with Crippen molar-refractivity contribution in [2.24, 2.45) is 5.41 Å². The van der Waals surface area contributed by atoms with Gasteiger partial charge in [0.15, 0.2) is 0 Å². The molecule has 78 valence electrons. The average molecular weight is 196 g/mol. The van der Waals surface area contributed by atoms with Crippen LogP contribution in [0.1, 0.15) is 27.2 Å². The van der Waals surface area contributed by atoms with E-state index in [1.807, 2.05) is 20.8 Å². The minimum Gasteiger partial charge on any atom is -0.478 e. The van der Waals surface area contributed by atoms with Crippen LogP contribution in [0, 0.1) is 5.41 Å². The maximum absolute atomic E-state index is 10.6. The Morgan fingerprint density at radius 3 is 2.36 bits per heavy atom. The summed E-state index contributed by atoms with van der Waals surface area (Å²) in [5.41, 5.74) is -0.977. The molecule has 3 heteroatoms. The minimum absolute atomic E-state index is 0.249. The Kier molecular flexibility index (Phi) is 2.54. The number of carbonyl (C=O) groups is 1. The molecule has 0 fully saturated rings. The van der Waals surface area contributed by atoms with Crippen molar-refractivity contribution in [1.82, 2.24) is 0 Å². The number of hydrogen-bond donors (Lipinski definition) is 2. The molecule has 1 aliphatic rings. The van der Waals surface area contributed by atoms with E-state index in [9.17, 15) is 9.90 Å². The maximum Gasteiger partial charge on any atom is 0.335 e. The third kappa shape index (κ3) is 1.87. The van der Waals surface area contributed by atoms with Crippen molar-refractivity contribution in [1.29, 1.82) is 0 Å². The van der Waals surface area contributed by atoms with Gasteiger partial charge in [0.1, 0.15) is 0 Å². The number of hydrogen-bond acceptors (Lipinski definition) is 2. The van der Waals surface area contributed by atoms with E-state index in [4.69, 9.17) is 5.11 Å². The Hall–Kier alpha value is -1.09. The summed E-state index contributed by atoms with van der Waals surface area (Å²) in [5, 5.41) is 18.9. The van der Waals surface area contributed by atoms with Gasteiger partial charge in [0.2, 0.25) is 0 Å². The van der Waals surface area contributed by atoms with Gasteiger partial charge in [0, 0.05) is 0 Å². The van der Waals surface area contributed by atoms with Crippen molar-refractivity contribution in [3.63, 3.8) is 0 Å². The highest BCUT2D eigenvalue weighted by molar-refractivity contribution is 5.90. The lowest BCUT2D eigenvalue weighted by Crippen LogP contribution is -2.41. The lowest BCUT2D eigenvalue weighted by molar-refractivity contribution is -0.132. The van der Waals surface area contributed by atoms with Gasteiger partial charge in [0.05, 0.1) is 11.2 Å². The lowest BCUT2D eigenvalue weighted by atomic mass is 9.72. The van der Waals surface area contributed by atoms with Gasteiger partial charge in [-0.25, -0.2) is 4.79 Å². The zero-order valence-electron chi connectivity index (χ0n) is 8.74. The van der Waals surface area contributed by atoms with E-state index in [-0.39, 0.29) is 11.0 Å². The van der Waals surface area contributed by atoms with Crippen LogP contribution in [0.5, 0.6) is 0 Å². The van der Waals surface area contributed by atoms with Crippen molar-refractivity contribution >= 4 is 5.97 Å². The Bertz CT molecular complexity index is 307. The first kappa shape index (κ1) is 11.0. The largest absolute Gasteiger partial charge is 0.478 e. The molecule has 0 bridgehead atoms. The fraction of sp³-hybridized carbons (Fsp3) is 0.545. The highest BCUT2D eigenvalue weighted by atomic mass is 16.4. The summed E-state index contributed by atoms with van der Waals surface area (Å²) in [5.74, 6) is -0.947. The maximum atomic E-state index is 10.6. The number of aliphatic carboxylic acids is 1. The van der Waals surface area contributed by atoms with E-state index in [2.05, 4.69) is 0 Å². The van der Waals surface area contributed by atoms with Crippen LogP contribution in [-0.2, 0) is 4.79 Å². The van der Waals surface area contributed by atoms with Gasteiger partial charge in [-0.05, 0) is 17.9 Å². The third-order valence-corrected chi connectivity index (χ3v) is 2.72. The molecule has 0 aromatic heterocycles. The molecule has 1 aliphatic carbocycles. The molecule has 0 radical (unpaired) electrons. The zero-order valence-corrected chi connectivity index (χ0v) is 8.74. The van der Waals surface area contributed by atoms with Crippen molar-refractivity contribution in [3.8, 4) is 0 Å². The van der Waals surface area contributed by atoms with Crippen LogP contribution >= 0.6 is 0 Å². The van der Waals surface area contributed by atoms with Crippen LogP contribution in [0.25, 0.3) is 0 Å². The van der Waals surface area contributed by atoms with E-state index in [0.29, 0.717) is 6.42 Å². The van der Waals surface area contributed by atoms with Crippen LogP contribution in [-0.4, -0.2) is 21.8 Å². The average Bonchev–Trinajstić information content (AvgIpc) is 2.03. The Morgan fingerprint density at radius 1 is 1.50 bits per heavy atom. The number of carboxylic acids is 1. The Balaban J connectivity index is 2.88. The minimum atomic E-state index is -0.947. The molecule has 0 saturated heterocycles. The third-order valence-electron chi connectivity index (χ3n) is 2.72. The first-order valence-corrected chi connectivity index (χ1v) is 4.61. The second-order valence-electron chi connectivity index (χ2n) is 4.68. The summed E-state index contributed by atoms with van der Waals surface area (Å²) in [6.07, 6.45) is 4.97. The molecule has 1 atom stereocenters. The second-order valence-corrected chi connectivity index (χ2v) is 4.68. The summed E-state index contributed by atoms with van der Waals surface area (Å²) in [6.45, 7) is 5.78. The SMILES string of the molecule is CC(C)(C)C1(O)C=CC(C(=O)O)=CC1. The first-order valence-electron chi connectivity index (χ1n) is 4.61. The topological polar surface area (TPSA) is 57.5 Å². The predicted molar refractivity (Wildman–Crippen MR) is 53.9 cm³/mol. The molecule has 1 unspecified atom stereocenters. The van der Waals surface area contributed by atoms with Crippen molar-refractivity contribution in [3.05, 3.63) is 23.8 Å². The number of aliphatic hydroxyl groups is 1. The molecular formula is C11H16O3. The summed E-state index contributed by atoms with van der Waals surface area (Å²) < 4.78 is 0. The molecule has 0 saturated carbocycles. The Morgan fingerprint density at radius 2 is 2.07 bits per heavy atom. The summed E-state index contributed by atoms with van der Waals surface area (Å²) in [6, 6.07) is 0. The highest BCUT2D eigenvalue weighted by Crippen LogP contribution is 2.37. The first-order chi connectivity index (χ1) is 6.26. The monoisotopic (exact) mass is 196 g/mol. The number of carboxylic acid groups (broad SMARTS) is 1. The molecule has 2 N–H and O–H groups in total. The highest BCUT2D eigenvalue weighted by Gasteiger charge is 2.38. The van der Waals surface area contributed by atoms with Gasteiger partial charge in [-0.1, -0.05) is 32.9 Å². The molecule has 0 aromatic rings. The van der Waals surface area contributed by atoms with Crippen LogP contribution in [0.4, 0.5) is 0 Å². The van der Waals surface area contributed by atoms with E-state index in [0.717, 1.165) is 0 Å². The van der Waals surface area contributed by atoms with Gasteiger partial charge < -0.3 is 10.2 Å². The quantitative estimate of drug-likeness (QED) is 0.671. The van der Waals surface area contributed by atoms with Crippen molar-refractivity contribution in [2.45, 2.75) is 32.8 Å². The normalized spacial score (nSPS) is 27.3. The van der Waals surface area contributed by atoms with Crippen LogP contribution < -0.4 is 0 Å². The molecule has 3 nitrogen and oxygen atoms in total. The van der Waals surface area contributed by atoms with Crippen molar-refractivity contribution in [2.75, 3.05) is 0 Å². The van der Waals surface area contributed by atoms with Gasteiger partial charge in [-0.2, -0.15) is 0 Å². The molecule has 1 rings (SSSR count). The van der Waals surface area contributed by atoms with Crippen LogP contribution in [0.15, 0.2) is 23.8 Å². The smallest absolute Gasteiger partial charge is 0.335 e. The summed E-state index contributed by atoms with van der Waals surface area (Å²) >= 11 is 0. The molecule has 0 spiro atoms. The standard InChI is InChI=1S/C11H16O3/c1-10(2,3)11(14)6-4-8(5-7-11)9(12)13/h4-6,14H,7H2,1-3H3,(H,12,13). The van der Waals surface area contributed by atoms with E-state index < -0.39 is 11.6 Å². The molecule has 14 heavy (non-hydrogen) atoms. The summed E-state index contributed by atoms with van der Waals surface area (Å²) in [7, 11) is 0. The second kappa shape index (κ2) is 3.24. The van der Waals surface area contributed by atoms with E-state index in [1.165, 1.54) is 6.08 Å². The molecule has 0 amide bonds. The fourth-order valence-corrected chi connectivity index (χ4v) is 1.34. The number of rotatable bonds is 1. The van der Waals surface area contributed by atoms with Crippen LogP contribution in [0.3, 0.4) is 0 Å². The predicted octanol–water partition coefficient (Wildman–Crippen LogP) is 1.73. The molecular weight excluding hydrogens is 180 g/mol. The van der Waals surface area contributed by atoms with E-state index in [1.54, 1.807) is 12.2 Å². The molecule has 0 aliphatic heterocycles. The Labute approximate surface area is 83.8 Å². The van der Waals surface area contributed by atoms with Crippen molar-refractivity contribution < 1.29 is 15.0 Å². The lowest BCUT2D eigenvalue weighted by Gasteiger charge is -2.38.